The number of aromatic nitrogens is 3. The molecule has 0 atom stereocenters. The first kappa shape index (κ1) is 15.0. The lowest BCUT2D eigenvalue weighted by atomic mass is 10.1. The van der Waals surface area contributed by atoms with E-state index in [0.717, 1.165) is 6.54 Å². The zero-order valence-electron chi connectivity index (χ0n) is 11.8. The topological polar surface area (TPSA) is 56.7 Å². The maximum Gasteiger partial charge on any atom is 0.165 e. The van der Waals surface area contributed by atoms with Crippen molar-refractivity contribution in [3.8, 4) is 0 Å². The summed E-state index contributed by atoms with van der Waals surface area (Å²) in [7, 11) is 0. The molecular formula is C14H28N4. The normalized spacial score (nSPS) is 10.9. The molecule has 0 aliphatic rings. The Bertz CT molecular complexity index is 296. The number of hydrogen-bond donors (Lipinski definition) is 1. The van der Waals surface area contributed by atoms with E-state index < -0.39 is 0 Å². The lowest BCUT2D eigenvalue weighted by Gasteiger charge is -2.02. The van der Waals surface area contributed by atoms with Crippen LogP contribution in [-0.4, -0.2) is 15.0 Å². The van der Waals surface area contributed by atoms with E-state index in [1.54, 1.807) is 6.20 Å². The summed E-state index contributed by atoms with van der Waals surface area (Å²) >= 11 is 0. The third kappa shape index (κ3) is 7.30. The SMILES string of the molecule is CCCCCCCCCCCCn1cc(N)nn1. The Hall–Kier alpha value is -1.06. The zero-order chi connectivity index (χ0) is 13.1. The first-order valence-electron chi connectivity index (χ1n) is 7.48. The Labute approximate surface area is 111 Å². The predicted octanol–water partition coefficient (Wildman–Crippen LogP) is 3.78. The van der Waals surface area contributed by atoms with Gasteiger partial charge in [0.25, 0.3) is 0 Å². The minimum Gasteiger partial charge on any atom is -0.381 e. The van der Waals surface area contributed by atoms with E-state index in [4.69, 9.17) is 5.73 Å². The molecule has 1 heterocycles. The second-order valence-electron chi connectivity index (χ2n) is 5.09. The minimum absolute atomic E-state index is 0.516. The third-order valence-electron chi connectivity index (χ3n) is 3.30. The van der Waals surface area contributed by atoms with Crippen molar-refractivity contribution in [2.75, 3.05) is 5.73 Å². The number of nitrogens with zero attached hydrogens (tertiary/aromatic N) is 3. The van der Waals surface area contributed by atoms with E-state index in [1.807, 2.05) is 4.68 Å². The number of nitrogen functional groups attached to an aromatic ring is 1. The van der Waals surface area contributed by atoms with Crippen LogP contribution in [0.4, 0.5) is 5.82 Å². The largest absolute Gasteiger partial charge is 0.381 e. The van der Waals surface area contributed by atoms with Crippen molar-refractivity contribution in [2.45, 2.75) is 77.7 Å². The molecule has 0 saturated carbocycles. The van der Waals surface area contributed by atoms with Gasteiger partial charge in [0.1, 0.15) is 0 Å². The Morgan fingerprint density at radius 3 is 2.00 bits per heavy atom. The molecular weight excluding hydrogens is 224 g/mol. The van der Waals surface area contributed by atoms with E-state index in [-0.39, 0.29) is 0 Å². The van der Waals surface area contributed by atoms with Crippen LogP contribution in [-0.2, 0) is 6.54 Å². The van der Waals surface area contributed by atoms with Gasteiger partial charge >= 0.3 is 0 Å². The van der Waals surface area contributed by atoms with Crippen LogP contribution in [0.25, 0.3) is 0 Å². The van der Waals surface area contributed by atoms with Gasteiger partial charge < -0.3 is 5.73 Å². The van der Waals surface area contributed by atoms with Crippen molar-refractivity contribution in [1.82, 2.24) is 15.0 Å². The average Bonchev–Trinajstić information content (AvgIpc) is 2.77. The van der Waals surface area contributed by atoms with Crippen molar-refractivity contribution in [3.63, 3.8) is 0 Å². The molecule has 4 nitrogen and oxygen atoms in total. The number of anilines is 1. The number of hydrogen-bond acceptors (Lipinski definition) is 3. The molecule has 0 bridgehead atoms. The number of aryl methyl sites for hydroxylation is 1. The van der Waals surface area contributed by atoms with E-state index in [1.165, 1.54) is 64.2 Å². The van der Waals surface area contributed by atoms with Gasteiger partial charge in [0.15, 0.2) is 5.82 Å². The smallest absolute Gasteiger partial charge is 0.165 e. The van der Waals surface area contributed by atoms with Crippen molar-refractivity contribution in [2.24, 2.45) is 0 Å². The van der Waals surface area contributed by atoms with Crippen LogP contribution in [0.3, 0.4) is 0 Å². The van der Waals surface area contributed by atoms with Crippen molar-refractivity contribution >= 4 is 5.82 Å². The Kier molecular flexibility index (Phi) is 8.26. The van der Waals surface area contributed by atoms with E-state index in [9.17, 15) is 0 Å². The number of rotatable bonds is 11. The first-order chi connectivity index (χ1) is 8.83. The van der Waals surface area contributed by atoms with E-state index in [0.29, 0.717) is 5.82 Å². The minimum atomic E-state index is 0.516. The van der Waals surface area contributed by atoms with Gasteiger partial charge in [-0.1, -0.05) is 69.9 Å². The summed E-state index contributed by atoms with van der Waals surface area (Å²) in [6.45, 7) is 3.21. The highest BCUT2D eigenvalue weighted by atomic mass is 15.4. The summed E-state index contributed by atoms with van der Waals surface area (Å²) in [6, 6.07) is 0. The van der Waals surface area contributed by atoms with E-state index in [2.05, 4.69) is 17.2 Å². The van der Waals surface area contributed by atoms with Crippen LogP contribution in [0.5, 0.6) is 0 Å². The molecule has 0 aliphatic heterocycles. The summed E-state index contributed by atoms with van der Waals surface area (Å²) in [5.41, 5.74) is 5.50. The summed E-state index contributed by atoms with van der Waals surface area (Å²) in [4.78, 5) is 0. The van der Waals surface area contributed by atoms with Gasteiger partial charge in [0, 0.05) is 6.54 Å². The van der Waals surface area contributed by atoms with Gasteiger partial charge in [0.05, 0.1) is 6.20 Å². The molecule has 18 heavy (non-hydrogen) atoms. The molecule has 4 heteroatoms. The van der Waals surface area contributed by atoms with Gasteiger partial charge in [-0.2, -0.15) is 0 Å². The number of nitrogens with two attached hydrogens (primary N) is 1. The molecule has 104 valence electrons. The van der Waals surface area contributed by atoms with Crippen LogP contribution in [0.1, 0.15) is 71.1 Å². The highest BCUT2D eigenvalue weighted by molar-refractivity contribution is 5.19. The fraction of sp³-hybridized carbons (Fsp3) is 0.857. The van der Waals surface area contributed by atoms with Gasteiger partial charge in [-0.15, -0.1) is 5.10 Å². The second-order valence-corrected chi connectivity index (χ2v) is 5.09. The summed E-state index contributed by atoms with van der Waals surface area (Å²) in [5, 5.41) is 7.70. The van der Waals surface area contributed by atoms with Gasteiger partial charge in [-0.3, -0.25) is 4.68 Å². The zero-order valence-corrected chi connectivity index (χ0v) is 11.8. The molecule has 1 rings (SSSR count). The van der Waals surface area contributed by atoms with Crippen molar-refractivity contribution < 1.29 is 0 Å². The molecule has 0 saturated heterocycles. The molecule has 0 radical (unpaired) electrons. The molecule has 0 amide bonds. The maximum absolute atomic E-state index is 5.50. The highest BCUT2D eigenvalue weighted by Gasteiger charge is 1.96. The molecule has 0 spiro atoms. The van der Waals surface area contributed by atoms with Crippen LogP contribution in [0, 0.1) is 0 Å². The molecule has 0 aromatic carbocycles. The Morgan fingerprint density at radius 1 is 0.944 bits per heavy atom. The van der Waals surface area contributed by atoms with Crippen LogP contribution in [0.2, 0.25) is 0 Å². The van der Waals surface area contributed by atoms with Crippen LogP contribution in [0.15, 0.2) is 6.20 Å². The van der Waals surface area contributed by atoms with Crippen molar-refractivity contribution in [3.05, 3.63) is 6.20 Å². The Morgan fingerprint density at radius 2 is 1.50 bits per heavy atom. The predicted molar refractivity (Wildman–Crippen MR) is 76.3 cm³/mol. The first-order valence-corrected chi connectivity index (χ1v) is 7.48. The quantitative estimate of drug-likeness (QED) is 0.610. The van der Waals surface area contributed by atoms with Gasteiger partial charge in [-0.05, 0) is 6.42 Å². The molecule has 1 aromatic rings. The number of unbranched alkanes of at least 4 members (excludes halogenated alkanes) is 9. The third-order valence-corrected chi connectivity index (χ3v) is 3.30. The highest BCUT2D eigenvalue weighted by Crippen LogP contribution is 2.10. The second kappa shape index (κ2) is 9.92. The monoisotopic (exact) mass is 252 g/mol. The van der Waals surface area contributed by atoms with Gasteiger partial charge in [0.2, 0.25) is 0 Å². The lowest BCUT2D eigenvalue weighted by Crippen LogP contribution is -1.98. The summed E-state index contributed by atoms with van der Waals surface area (Å²) in [5.74, 6) is 0.516. The molecule has 0 aliphatic carbocycles. The van der Waals surface area contributed by atoms with E-state index >= 15 is 0 Å². The maximum atomic E-state index is 5.50. The molecule has 2 N–H and O–H groups in total. The standard InChI is InChI=1S/C14H28N4/c1-2-3-4-5-6-7-8-9-10-11-12-18-13-14(15)16-17-18/h13H,2-12,15H2,1H3. The fourth-order valence-corrected chi connectivity index (χ4v) is 2.18. The summed E-state index contributed by atoms with van der Waals surface area (Å²) in [6.07, 6.45) is 15.4. The lowest BCUT2D eigenvalue weighted by molar-refractivity contribution is 0.507. The fourth-order valence-electron chi connectivity index (χ4n) is 2.18. The molecule has 1 aromatic heterocycles. The Balaban J connectivity index is 1.81. The molecule has 0 unspecified atom stereocenters. The summed E-state index contributed by atoms with van der Waals surface area (Å²) < 4.78 is 1.83. The van der Waals surface area contributed by atoms with Crippen LogP contribution < -0.4 is 5.73 Å². The molecule has 0 fully saturated rings. The van der Waals surface area contributed by atoms with Gasteiger partial charge in [-0.25, -0.2) is 0 Å². The van der Waals surface area contributed by atoms with Crippen molar-refractivity contribution in [1.29, 1.82) is 0 Å². The average molecular weight is 252 g/mol. The van der Waals surface area contributed by atoms with Crippen LogP contribution >= 0.6 is 0 Å².